The third-order valence-electron chi connectivity index (χ3n) is 4.01. The lowest BCUT2D eigenvalue weighted by atomic mass is 9.53. The topological polar surface area (TPSA) is 0 Å². The van der Waals surface area contributed by atoms with E-state index in [0.29, 0.717) is 5.41 Å². The van der Waals surface area contributed by atoms with Gasteiger partial charge in [0.25, 0.3) is 0 Å². The van der Waals surface area contributed by atoms with Crippen LogP contribution >= 0.6 is 0 Å². The lowest BCUT2D eigenvalue weighted by Crippen LogP contribution is -2.44. The SMILES string of the molecule is CCC(C)C1CC(C)(C)C1C. The monoisotopic (exact) mass is 154 g/mol. The van der Waals surface area contributed by atoms with Gasteiger partial charge in [-0.3, -0.25) is 0 Å². The summed E-state index contributed by atoms with van der Waals surface area (Å²) in [5.74, 6) is 2.89. The minimum absolute atomic E-state index is 0.633. The van der Waals surface area contributed by atoms with Crippen LogP contribution in [-0.4, -0.2) is 0 Å². The van der Waals surface area contributed by atoms with Crippen molar-refractivity contribution in [1.82, 2.24) is 0 Å². The van der Waals surface area contributed by atoms with Crippen LogP contribution < -0.4 is 0 Å². The van der Waals surface area contributed by atoms with Gasteiger partial charge in [0.15, 0.2) is 0 Å². The molecule has 0 amide bonds. The van der Waals surface area contributed by atoms with Gasteiger partial charge in [0, 0.05) is 0 Å². The molecule has 0 spiro atoms. The van der Waals surface area contributed by atoms with E-state index in [-0.39, 0.29) is 0 Å². The molecular formula is C11H22. The maximum atomic E-state index is 2.42. The summed E-state index contributed by atoms with van der Waals surface area (Å²) in [6.45, 7) is 11.9. The minimum Gasteiger partial charge on any atom is -0.0651 e. The molecule has 0 nitrogen and oxygen atoms in total. The second kappa shape index (κ2) is 2.80. The zero-order chi connectivity index (χ0) is 8.65. The molecule has 3 unspecified atom stereocenters. The van der Waals surface area contributed by atoms with E-state index in [1.165, 1.54) is 12.8 Å². The fourth-order valence-electron chi connectivity index (χ4n) is 2.39. The summed E-state index contributed by atoms with van der Waals surface area (Å²) in [6.07, 6.45) is 2.80. The molecule has 0 N–H and O–H groups in total. The average Bonchev–Trinajstić information content (AvgIpc) is 1.98. The molecule has 1 aliphatic rings. The predicted octanol–water partition coefficient (Wildman–Crippen LogP) is 3.71. The van der Waals surface area contributed by atoms with E-state index in [4.69, 9.17) is 0 Å². The second-order valence-electron chi connectivity index (χ2n) is 5.03. The molecule has 0 saturated heterocycles. The van der Waals surface area contributed by atoms with Gasteiger partial charge in [-0.2, -0.15) is 0 Å². The molecule has 0 aromatic rings. The molecule has 0 heterocycles. The van der Waals surface area contributed by atoms with E-state index < -0.39 is 0 Å². The van der Waals surface area contributed by atoms with Crippen LogP contribution in [0.25, 0.3) is 0 Å². The van der Waals surface area contributed by atoms with Crippen LogP contribution in [0.2, 0.25) is 0 Å². The molecular weight excluding hydrogens is 132 g/mol. The lowest BCUT2D eigenvalue weighted by Gasteiger charge is -2.52. The maximum absolute atomic E-state index is 2.42. The first-order valence-corrected chi connectivity index (χ1v) is 4.99. The highest BCUT2D eigenvalue weighted by Gasteiger charge is 2.45. The van der Waals surface area contributed by atoms with E-state index in [0.717, 1.165) is 17.8 Å². The number of rotatable bonds is 2. The van der Waals surface area contributed by atoms with Crippen LogP contribution in [0, 0.1) is 23.2 Å². The Labute approximate surface area is 71.4 Å². The van der Waals surface area contributed by atoms with Gasteiger partial charge < -0.3 is 0 Å². The van der Waals surface area contributed by atoms with Gasteiger partial charge in [0.2, 0.25) is 0 Å². The molecule has 11 heavy (non-hydrogen) atoms. The molecule has 1 saturated carbocycles. The molecule has 0 bridgehead atoms. The van der Waals surface area contributed by atoms with Crippen molar-refractivity contribution in [3.05, 3.63) is 0 Å². The first kappa shape index (κ1) is 9.09. The molecule has 0 radical (unpaired) electrons. The summed E-state index contributed by atoms with van der Waals surface area (Å²) in [6, 6.07) is 0. The van der Waals surface area contributed by atoms with Gasteiger partial charge in [0.05, 0.1) is 0 Å². The molecule has 1 rings (SSSR count). The van der Waals surface area contributed by atoms with Crippen molar-refractivity contribution in [2.75, 3.05) is 0 Å². The van der Waals surface area contributed by atoms with Gasteiger partial charge in [0.1, 0.15) is 0 Å². The summed E-state index contributed by atoms with van der Waals surface area (Å²) in [5.41, 5.74) is 0.633. The molecule has 0 aromatic carbocycles. The normalized spacial score (nSPS) is 37.9. The van der Waals surface area contributed by atoms with E-state index in [9.17, 15) is 0 Å². The average molecular weight is 154 g/mol. The zero-order valence-electron chi connectivity index (χ0n) is 8.65. The summed E-state index contributed by atoms with van der Waals surface area (Å²) in [4.78, 5) is 0. The third kappa shape index (κ3) is 1.45. The van der Waals surface area contributed by atoms with Gasteiger partial charge in [-0.25, -0.2) is 0 Å². The van der Waals surface area contributed by atoms with Gasteiger partial charge >= 0.3 is 0 Å². The summed E-state index contributed by atoms with van der Waals surface area (Å²) >= 11 is 0. The third-order valence-corrected chi connectivity index (χ3v) is 4.01. The van der Waals surface area contributed by atoms with Gasteiger partial charge in [-0.15, -0.1) is 0 Å². The molecule has 1 aliphatic carbocycles. The standard InChI is InChI=1S/C11H22/c1-6-8(2)10-7-11(4,5)9(10)3/h8-10H,6-7H2,1-5H3. The highest BCUT2D eigenvalue weighted by atomic mass is 14.5. The quantitative estimate of drug-likeness (QED) is 0.568. The van der Waals surface area contributed by atoms with Crippen molar-refractivity contribution >= 4 is 0 Å². The number of hydrogen-bond donors (Lipinski definition) is 0. The Morgan fingerprint density at radius 2 is 2.00 bits per heavy atom. The van der Waals surface area contributed by atoms with E-state index in [1.807, 2.05) is 0 Å². The van der Waals surface area contributed by atoms with Crippen molar-refractivity contribution in [1.29, 1.82) is 0 Å². The molecule has 0 heteroatoms. The molecule has 0 aromatic heterocycles. The van der Waals surface area contributed by atoms with Crippen LogP contribution in [0.15, 0.2) is 0 Å². The van der Waals surface area contributed by atoms with Crippen molar-refractivity contribution in [3.63, 3.8) is 0 Å². The maximum Gasteiger partial charge on any atom is -0.0323 e. The van der Waals surface area contributed by atoms with Crippen LogP contribution in [0.5, 0.6) is 0 Å². The Balaban J connectivity index is 2.44. The zero-order valence-corrected chi connectivity index (χ0v) is 8.65. The van der Waals surface area contributed by atoms with Crippen LogP contribution in [0.3, 0.4) is 0 Å². The Kier molecular flexibility index (Phi) is 2.32. The predicted molar refractivity (Wildman–Crippen MR) is 50.5 cm³/mol. The lowest BCUT2D eigenvalue weighted by molar-refractivity contribution is -0.0305. The van der Waals surface area contributed by atoms with Crippen molar-refractivity contribution in [3.8, 4) is 0 Å². The van der Waals surface area contributed by atoms with Crippen LogP contribution in [-0.2, 0) is 0 Å². The summed E-state index contributed by atoms with van der Waals surface area (Å²) in [5, 5.41) is 0. The van der Waals surface area contributed by atoms with E-state index >= 15 is 0 Å². The fraction of sp³-hybridized carbons (Fsp3) is 1.00. The largest absolute Gasteiger partial charge is 0.0651 e. The molecule has 1 fully saturated rings. The Hall–Kier alpha value is 0. The van der Waals surface area contributed by atoms with E-state index in [2.05, 4.69) is 34.6 Å². The smallest absolute Gasteiger partial charge is 0.0323 e. The van der Waals surface area contributed by atoms with Crippen molar-refractivity contribution in [2.45, 2.75) is 47.5 Å². The van der Waals surface area contributed by atoms with Crippen LogP contribution in [0.1, 0.15) is 47.5 Å². The molecule has 66 valence electrons. The second-order valence-corrected chi connectivity index (χ2v) is 5.03. The molecule has 3 atom stereocenters. The van der Waals surface area contributed by atoms with Gasteiger partial charge in [-0.05, 0) is 29.6 Å². The Morgan fingerprint density at radius 3 is 2.27 bits per heavy atom. The summed E-state index contributed by atoms with van der Waals surface area (Å²) in [7, 11) is 0. The fourth-order valence-corrected chi connectivity index (χ4v) is 2.39. The molecule has 0 aliphatic heterocycles. The van der Waals surface area contributed by atoms with Gasteiger partial charge in [-0.1, -0.05) is 41.0 Å². The van der Waals surface area contributed by atoms with Crippen LogP contribution in [0.4, 0.5) is 0 Å². The highest BCUT2D eigenvalue weighted by molar-refractivity contribution is 4.94. The minimum atomic E-state index is 0.633. The first-order chi connectivity index (χ1) is 4.99. The first-order valence-electron chi connectivity index (χ1n) is 4.99. The van der Waals surface area contributed by atoms with Crippen molar-refractivity contribution < 1.29 is 0 Å². The highest BCUT2D eigenvalue weighted by Crippen LogP contribution is 2.53. The number of hydrogen-bond acceptors (Lipinski definition) is 0. The Bertz CT molecular complexity index is 135. The summed E-state index contributed by atoms with van der Waals surface area (Å²) < 4.78 is 0. The van der Waals surface area contributed by atoms with E-state index in [1.54, 1.807) is 0 Å². The van der Waals surface area contributed by atoms with Crippen molar-refractivity contribution in [2.24, 2.45) is 23.2 Å². The Morgan fingerprint density at radius 1 is 1.45 bits per heavy atom.